The molecule has 1 amide bonds. The first-order chi connectivity index (χ1) is 14.0. The Morgan fingerprint density at radius 2 is 1.90 bits per heavy atom. The van der Waals surface area contributed by atoms with Crippen LogP contribution in [0, 0.1) is 0 Å². The molecule has 0 saturated carbocycles. The van der Waals surface area contributed by atoms with Crippen molar-refractivity contribution in [3.05, 3.63) is 48.0 Å². The summed E-state index contributed by atoms with van der Waals surface area (Å²) < 4.78 is 6.46. The van der Waals surface area contributed by atoms with Crippen molar-refractivity contribution in [1.82, 2.24) is 9.88 Å². The lowest BCUT2D eigenvalue weighted by Crippen LogP contribution is -2.33. The lowest BCUT2D eigenvalue weighted by atomic mass is 10.2. The third-order valence-electron chi connectivity index (χ3n) is 4.47. The third-order valence-corrected chi connectivity index (χ3v) is 6.40. The van der Waals surface area contributed by atoms with E-state index < -0.39 is 0 Å². The van der Waals surface area contributed by atoms with Crippen LogP contribution in [0.2, 0.25) is 0 Å². The Labute approximate surface area is 180 Å². The minimum absolute atomic E-state index is 0.0187. The van der Waals surface area contributed by atoms with Crippen LogP contribution in [0.1, 0.15) is 23.7 Å². The Hall–Kier alpha value is -2.09. The van der Waals surface area contributed by atoms with E-state index in [0.717, 1.165) is 34.7 Å². The second-order valence-electron chi connectivity index (χ2n) is 6.87. The molecule has 5 nitrogen and oxygen atoms in total. The van der Waals surface area contributed by atoms with Crippen LogP contribution in [0.3, 0.4) is 0 Å². The zero-order valence-electron chi connectivity index (χ0n) is 17.3. The molecule has 0 saturated heterocycles. The van der Waals surface area contributed by atoms with Crippen molar-refractivity contribution in [3.63, 3.8) is 0 Å². The summed E-state index contributed by atoms with van der Waals surface area (Å²) >= 11 is 3.29. The maximum atomic E-state index is 13.4. The quantitative estimate of drug-likeness (QED) is 0.447. The topological polar surface area (TPSA) is 45.7 Å². The SMILES string of the molecule is CCSc1ccc(C(=O)N(CCCN(C)C)c2nc3c(OC)cccc3s2)cc1. The molecular weight excluding hydrogens is 402 g/mol. The van der Waals surface area contributed by atoms with Crippen molar-refractivity contribution in [2.45, 2.75) is 18.2 Å². The normalized spacial score (nSPS) is 11.2. The summed E-state index contributed by atoms with van der Waals surface area (Å²) in [5, 5.41) is 0.709. The van der Waals surface area contributed by atoms with E-state index in [9.17, 15) is 4.79 Å². The van der Waals surface area contributed by atoms with E-state index >= 15 is 0 Å². The number of fused-ring (bicyclic) bond motifs is 1. The van der Waals surface area contributed by atoms with Crippen molar-refractivity contribution in [1.29, 1.82) is 0 Å². The number of hydrogen-bond donors (Lipinski definition) is 0. The molecular formula is C22H27N3O2S2. The molecule has 7 heteroatoms. The second kappa shape index (κ2) is 10.1. The molecule has 0 radical (unpaired) electrons. The average Bonchev–Trinajstić information content (AvgIpc) is 3.15. The summed E-state index contributed by atoms with van der Waals surface area (Å²) in [6.07, 6.45) is 0.871. The molecule has 0 aliphatic carbocycles. The molecule has 0 fully saturated rings. The van der Waals surface area contributed by atoms with Gasteiger partial charge in [-0.25, -0.2) is 4.98 Å². The average molecular weight is 430 g/mol. The Balaban J connectivity index is 1.92. The minimum Gasteiger partial charge on any atom is -0.494 e. The van der Waals surface area contributed by atoms with Gasteiger partial charge in [-0.3, -0.25) is 9.69 Å². The molecule has 0 aliphatic heterocycles. The summed E-state index contributed by atoms with van der Waals surface area (Å²) in [6.45, 7) is 3.65. The Morgan fingerprint density at radius 3 is 2.55 bits per heavy atom. The van der Waals surface area contributed by atoms with Gasteiger partial charge in [0, 0.05) is 17.0 Å². The standard InChI is InChI=1S/C22H27N3O2S2/c1-5-28-17-12-10-16(11-13-17)21(26)25(15-7-14-24(2)3)22-23-20-18(27-4)8-6-9-19(20)29-22/h6,8-13H,5,7,14-15H2,1-4H3. The van der Waals surface area contributed by atoms with Crippen molar-refractivity contribution in [2.75, 3.05) is 44.9 Å². The molecule has 0 atom stereocenters. The van der Waals surface area contributed by atoms with Crippen molar-refractivity contribution < 1.29 is 9.53 Å². The fourth-order valence-corrected chi connectivity index (χ4v) is 4.71. The van der Waals surface area contributed by atoms with Crippen molar-refractivity contribution >= 4 is 44.4 Å². The molecule has 1 aromatic heterocycles. The summed E-state index contributed by atoms with van der Waals surface area (Å²) in [7, 11) is 5.72. The molecule has 1 heterocycles. The van der Waals surface area contributed by atoms with Crippen molar-refractivity contribution in [2.24, 2.45) is 0 Å². The second-order valence-corrected chi connectivity index (χ2v) is 9.22. The van der Waals surface area contributed by atoms with Gasteiger partial charge in [-0.05, 0) is 69.2 Å². The van der Waals surface area contributed by atoms with Gasteiger partial charge in [0.25, 0.3) is 5.91 Å². The molecule has 0 N–H and O–H groups in total. The first-order valence-electron chi connectivity index (χ1n) is 9.66. The molecule has 3 rings (SSSR count). The zero-order chi connectivity index (χ0) is 20.8. The monoisotopic (exact) mass is 429 g/mol. The predicted molar refractivity (Wildman–Crippen MR) is 124 cm³/mol. The van der Waals surface area contributed by atoms with Crippen LogP contribution in [-0.4, -0.2) is 55.8 Å². The van der Waals surface area contributed by atoms with E-state index in [1.54, 1.807) is 23.8 Å². The maximum absolute atomic E-state index is 13.4. The Kier molecular flexibility index (Phi) is 7.52. The summed E-state index contributed by atoms with van der Waals surface area (Å²) in [5.74, 6) is 1.72. The summed E-state index contributed by atoms with van der Waals surface area (Å²) in [4.78, 5) is 23.2. The number of rotatable bonds is 9. The number of thiazole rings is 1. The van der Waals surface area contributed by atoms with E-state index in [-0.39, 0.29) is 5.91 Å². The molecule has 154 valence electrons. The van der Waals surface area contributed by atoms with E-state index in [1.807, 2.05) is 56.6 Å². The first-order valence-corrected chi connectivity index (χ1v) is 11.5. The van der Waals surface area contributed by atoms with E-state index in [4.69, 9.17) is 9.72 Å². The highest BCUT2D eigenvalue weighted by atomic mass is 32.2. The molecule has 29 heavy (non-hydrogen) atoms. The van der Waals surface area contributed by atoms with Crippen LogP contribution in [0.15, 0.2) is 47.4 Å². The highest BCUT2D eigenvalue weighted by molar-refractivity contribution is 7.99. The Morgan fingerprint density at radius 1 is 1.14 bits per heavy atom. The van der Waals surface area contributed by atoms with Gasteiger partial charge in [0.1, 0.15) is 11.3 Å². The number of ether oxygens (including phenoxy) is 1. The number of para-hydroxylation sites is 1. The third kappa shape index (κ3) is 5.29. The predicted octanol–water partition coefficient (Wildman–Crippen LogP) is 5.02. The van der Waals surface area contributed by atoms with E-state index in [0.29, 0.717) is 17.2 Å². The fourth-order valence-electron chi connectivity index (χ4n) is 3.04. The summed E-state index contributed by atoms with van der Waals surface area (Å²) in [6, 6.07) is 13.7. The number of anilines is 1. The fraction of sp³-hybridized carbons (Fsp3) is 0.364. The maximum Gasteiger partial charge on any atom is 0.260 e. The number of carbonyl (C=O) groups is 1. The number of amides is 1. The van der Waals surface area contributed by atoms with Crippen LogP contribution in [0.25, 0.3) is 10.2 Å². The van der Waals surface area contributed by atoms with Gasteiger partial charge in [-0.2, -0.15) is 0 Å². The molecule has 0 spiro atoms. The highest BCUT2D eigenvalue weighted by Crippen LogP contribution is 2.34. The molecule has 0 aliphatic rings. The number of thioether (sulfide) groups is 1. The van der Waals surface area contributed by atoms with Crippen LogP contribution in [0.5, 0.6) is 5.75 Å². The number of hydrogen-bond acceptors (Lipinski definition) is 6. The van der Waals surface area contributed by atoms with Gasteiger partial charge in [0.2, 0.25) is 0 Å². The van der Waals surface area contributed by atoms with Crippen LogP contribution in [0.4, 0.5) is 5.13 Å². The van der Waals surface area contributed by atoms with Gasteiger partial charge in [-0.1, -0.05) is 24.3 Å². The minimum atomic E-state index is -0.0187. The number of methoxy groups -OCH3 is 1. The Bertz CT molecular complexity index is 954. The van der Waals surface area contributed by atoms with Gasteiger partial charge in [0.05, 0.1) is 11.8 Å². The van der Waals surface area contributed by atoms with Gasteiger partial charge >= 0.3 is 0 Å². The lowest BCUT2D eigenvalue weighted by molar-refractivity contribution is 0.0986. The van der Waals surface area contributed by atoms with Crippen LogP contribution < -0.4 is 9.64 Å². The number of aromatic nitrogens is 1. The molecule has 2 aromatic carbocycles. The van der Waals surface area contributed by atoms with Crippen molar-refractivity contribution in [3.8, 4) is 5.75 Å². The highest BCUT2D eigenvalue weighted by Gasteiger charge is 2.22. The largest absolute Gasteiger partial charge is 0.494 e. The van der Waals surface area contributed by atoms with E-state index in [2.05, 4.69) is 11.8 Å². The number of benzene rings is 2. The number of carbonyl (C=O) groups excluding carboxylic acids is 1. The molecule has 0 unspecified atom stereocenters. The smallest absolute Gasteiger partial charge is 0.260 e. The first kappa shape index (κ1) is 21.6. The molecule has 3 aromatic rings. The van der Waals surface area contributed by atoms with Gasteiger partial charge in [-0.15, -0.1) is 11.8 Å². The van der Waals surface area contributed by atoms with Gasteiger partial charge in [0.15, 0.2) is 5.13 Å². The molecule has 0 bridgehead atoms. The van der Waals surface area contributed by atoms with E-state index in [1.165, 1.54) is 16.2 Å². The lowest BCUT2D eigenvalue weighted by Gasteiger charge is -2.21. The van der Waals surface area contributed by atoms with Gasteiger partial charge < -0.3 is 9.64 Å². The number of nitrogens with zero attached hydrogens (tertiary/aromatic N) is 3. The summed E-state index contributed by atoms with van der Waals surface area (Å²) in [5.41, 5.74) is 1.48. The van der Waals surface area contributed by atoms with Crippen LogP contribution in [-0.2, 0) is 0 Å². The zero-order valence-corrected chi connectivity index (χ0v) is 19.0. The van der Waals surface area contributed by atoms with Crippen LogP contribution >= 0.6 is 23.1 Å².